The van der Waals surface area contributed by atoms with Gasteiger partial charge in [-0.15, -0.1) is 0 Å². The molecule has 2 aliphatic rings. The number of halogens is 1. The summed E-state index contributed by atoms with van der Waals surface area (Å²) in [5.41, 5.74) is 1.15. The lowest BCUT2D eigenvalue weighted by atomic mass is 9.52. The van der Waals surface area contributed by atoms with Crippen LogP contribution in [0, 0.1) is 23.2 Å². The fraction of sp³-hybridized carbons (Fsp3) is 0.607. The highest BCUT2D eigenvalue weighted by atomic mass is 35.5. The molecular formula is C28H37ClO3. The SMILES string of the molecule is CCC(C[C@H]1C[C@@H](C(=O)O)C1(C)C)c1ccc2ccc(OC3CCC(C)CC3)c(Cl)c2c1. The molecule has 2 aromatic carbocycles. The maximum absolute atomic E-state index is 11.5. The summed E-state index contributed by atoms with van der Waals surface area (Å²) in [5, 5.41) is 12.4. The van der Waals surface area contributed by atoms with Crippen LogP contribution in [0.3, 0.4) is 0 Å². The number of aliphatic carboxylic acids is 1. The normalized spacial score (nSPS) is 28.2. The molecule has 4 rings (SSSR count). The van der Waals surface area contributed by atoms with E-state index in [-0.39, 0.29) is 17.4 Å². The standard InChI is InChI=1S/C28H37ClO3/c1-5-18(14-21-16-24(27(30)31)28(21,3)4)20-9-8-19-10-13-25(26(29)23(19)15-20)32-22-11-6-17(2)7-12-22/h8-10,13,15,17-18,21-22,24H,5-7,11-12,14,16H2,1-4H3,(H,30,31)/t17?,18?,21-,22?,24-/m0/s1. The molecule has 0 spiro atoms. The van der Waals surface area contributed by atoms with Gasteiger partial charge in [0, 0.05) is 5.39 Å². The van der Waals surface area contributed by atoms with Crippen molar-refractivity contribution < 1.29 is 14.6 Å². The fourth-order valence-corrected chi connectivity index (χ4v) is 6.14. The van der Waals surface area contributed by atoms with E-state index in [9.17, 15) is 9.90 Å². The molecule has 0 radical (unpaired) electrons. The molecule has 3 atom stereocenters. The van der Waals surface area contributed by atoms with Crippen LogP contribution in [-0.2, 0) is 4.79 Å². The molecule has 1 N–H and O–H groups in total. The predicted octanol–water partition coefficient (Wildman–Crippen LogP) is 8.08. The number of benzene rings is 2. The Kier molecular flexibility index (Phi) is 6.77. The molecule has 0 aliphatic heterocycles. The van der Waals surface area contributed by atoms with Crippen LogP contribution in [0.25, 0.3) is 10.8 Å². The van der Waals surface area contributed by atoms with Gasteiger partial charge in [0.2, 0.25) is 0 Å². The minimum Gasteiger partial charge on any atom is -0.489 e. The number of carbonyl (C=O) groups is 1. The molecule has 2 saturated carbocycles. The Balaban J connectivity index is 1.53. The molecule has 2 aliphatic carbocycles. The summed E-state index contributed by atoms with van der Waals surface area (Å²) >= 11 is 6.86. The lowest BCUT2D eigenvalue weighted by molar-refractivity contribution is -0.159. The molecule has 3 nitrogen and oxygen atoms in total. The summed E-state index contributed by atoms with van der Waals surface area (Å²) in [6.45, 7) is 8.76. The first-order chi connectivity index (χ1) is 15.2. The number of ether oxygens (including phenoxy) is 1. The summed E-state index contributed by atoms with van der Waals surface area (Å²) in [5.74, 6) is 1.55. The van der Waals surface area contributed by atoms with Crippen molar-refractivity contribution in [2.45, 2.75) is 84.7 Å². The molecule has 0 amide bonds. The second-order valence-corrected chi connectivity index (χ2v) is 11.2. The molecule has 0 heterocycles. The average Bonchev–Trinajstić information content (AvgIpc) is 2.76. The van der Waals surface area contributed by atoms with Gasteiger partial charge in [0.25, 0.3) is 0 Å². The third-order valence-electron chi connectivity index (χ3n) is 8.50. The van der Waals surface area contributed by atoms with Crippen molar-refractivity contribution in [1.29, 1.82) is 0 Å². The molecule has 2 aromatic rings. The van der Waals surface area contributed by atoms with Gasteiger partial charge in [0.1, 0.15) is 5.75 Å². The topological polar surface area (TPSA) is 46.5 Å². The van der Waals surface area contributed by atoms with Crippen molar-refractivity contribution in [1.82, 2.24) is 0 Å². The Morgan fingerprint density at radius 1 is 1.19 bits per heavy atom. The lowest BCUT2D eigenvalue weighted by Crippen LogP contribution is -2.49. The molecule has 0 aromatic heterocycles. The van der Waals surface area contributed by atoms with E-state index in [0.717, 1.165) is 54.5 Å². The summed E-state index contributed by atoms with van der Waals surface area (Å²) in [6, 6.07) is 10.7. The molecule has 0 bridgehead atoms. The van der Waals surface area contributed by atoms with Crippen LogP contribution in [0.4, 0.5) is 0 Å². The van der Waals surface area contributed by atoms with Crippen molar-refractivity contribution in [3.05, 3.63) is 40.9 Å². The zero-order valence-corrected chi connectivity index (χ0v) is 20.6. The van der Waals surface area contributed by atoms with E-state index in [1.165, 1.54) is 18.4 Å². The van der Waals surface area contributed by atoms with Crippen LogP contribution in [-0.4, -0.2) is 17.2 Å². The van der Waals surface area contributed by atoms with Gasteiger partial charge < -0.3 is 9.84 Å². The maximum Gasteiger partial charge on any atom is 0.307 e. The van der Waals surface area contributed by atoms with Crippen LogP contribution in [0.5, 0.6) is 5.75 Å². The Morgan fingerprint density at radius 3 is 2.50 bits per heavy atom. The number of rotatable bonds is 7. The van der Waals surface area contributed by atoms with Crippen molar-refractivity contribution in [2.75, 3.05) is 0 Å². The van der Waals surface area contributed by atoms with Crippen LogP contribution in [0.2, 0.25) is 5.02 Å². The number of fused-ring (bicyclic) bond motifs is 1. The summed E-state index contributed by atoms with van der Waals surface area (Å²) < 4.78 is 6.33. The van der Waals surface area contributed by atoms with Gasteiger partial charge in [-0.2, -0.15) is 0 Å². The van der Waals surface area contributed by atoms with Crippen LogP contribution in [0.1, 0.15) is 84.1 Å². The zero-order chi connectivity index (χ0) is 23.0. The first-order valence-corrected chi connectivity index (χ1v) is 12.7. The van der Waals surface area contributed by atoms with Crippen molar-refractivity contribution in [3.63, 3.8) is 0 Å². The third-order valence-corrected chi connectivity index (χ3v) is 8.89. The average molecular weight is 457 g/mol. The Morgan fingerprint density at radius 2 is 1.88 bits per heavy atom. The molecule has 174 valence electrons. The zero-order valence-electron chi connectivity index (χ0n) is 19.9. The van der Waals surface area contributed by atoms with Gasteiger partial charge in [0.15, 0.2) is 0 Å². The van der Waals surface area contributed by atoms with Gasteiger partial charge in [-0.3, -0.25) is 4.79 Å². The van der Waals surface area contributed by atoms with Crippen molar-refractivity contribution in [3.8, 4) is 5.75 Å². The summed E-state index contributed by atoms with van der Waals surface area (Å²) in [4.78, 5) is 11.5. The highest BCUT2D eigenvalue weighted by molar-refractivity contribution is 6.37. The predicted molar refractivity (Wildman–Crippen MR) is 132 cm³/mol. The number of hydrogen-bond acceptors (Lipinski definition) is 2. The quantitative estimate of drug-likeness (QED) is 0.458. The first-order valence-electron chi connectivity index (χ1n) is 12.3. The molecule has 2 fully saturated rings. The van der Waals surface area contributed by atoms with E-state index < -0.39 is 5.97 Å². The minimum absolute atomic E-state index is 0.147. The van der Waals surface area contributed by atoms with E-state index in [2.05, 4.69) is 52.0 Å². The maximum atomic E-state index is 11.5. The molecular weight excluding hydrogens is 420 g/mol. The number of carboxylic acids is 1. The Labute approximate surface area is 197 Å². The van der Waals surface area contributed by atoms with Gasteiger partial charge in [-0.1, -0.05) is 57.5 Å². The third kappa shape index (κ3) is 4.51. The smallest absolute Gasteiger partial charge is 0.307 e. The lowest BCUT2D eigenvalue weighted by Gasteiger charge is -2.51. The summed E-state index contributed by atoms with van der Waals surface area (Å²) in [6.07, 6.45) is 7.73. The second kappa shape index (κ2) is 9.25. The van der Waals surface area contributed by atoms with Gasteiger partial charge in [0.05, 0.1) is 17.0 Å². The Hall–Kier alpha value is -1.74. The molecule has 0 saturated heterocycles. The van der Waals surface area contributed by atoms with E-state index in [1.807, 2.05) is 6.07 Å². The fourth-order valence-electron chi connectivity index (χ4n) is 5.87. The van der Waals surface area contributed by atoms with E-state index in [1.54, 1.807) is 0 Å². The van der Waals surface area contributed by atoms with E-state index in [4.69, 9.17) is 16.3 Å². The molecule has 1 unspecified atom stereocenters. The molecule has 4 heteroatoms. The van der Waals surface area contributed by atoms with Crippen LogP contribution < -0.4 is 4.74 Å². The van der Waals surface area contributed by atoms with Crippen molar-refractivity contribution >= 4 is 28.3 Å². The number of hydrogen-bond donors (Lipinski definition) is 1. The number of carboxylic acid groups (broad SMARTS) is 1. The van der Waals surface area contributed by atoms with Gasteiger partial charge >= 0.3 is 5.97 Å². The van der Waals surface area contributed by atoms with Crippen LogP contribution >= 0.6 is 11.6 Å². The minimum atomic E-state index is -0.656. The first kappa shape index (κ1) is 23.4. The van der Waals surface area contributed by atoms with Gasteiger partial charge in [-0.05, 0) is 91.2 Å². The largest absolute Gasteiger partial charge is 0.489 e. The van der Waals surface area contributed by atoms with E-state index in [0.29, 0.717) is 16.9 Å². The van der Waals surface area contributed by atoms with Crippen LogP contribution in [0.15, 0.2) is 30.3 Å². The second-order valence-electron chi connectivity index (χ2n) is 10.8. The molecule has 32 heavy (non-hydrogen) atoms. The highest BCUT2D eigenvalue weighted by Crippen LogP contribution is 2.55. The monoisotopic (exact) mass is 456 g/mol. The van der Waals surface area contributed by atoms with E-state index >= 15 is 0 Å². The summed E-state index contributed by atoms with van der Waals surface area (Å²) in [7, 11) is 0. The highest BCUT2D eigenvalue weighted by Gasteiger charge is 2.51. The Bertz CT molecular complexity index is 974. The van der Waals surface area contributed by atoms with Gasteiger partial charge in [-0.25, -0.2) is 0 Å². The van der Waals surface area contributed by atoms with Crippen molar-refractivity contribution in [2.24, 2.45) is 23.2 Å².